The van der Waals surface area contributed by atoms with Crippen LogP contribution in [-0.2, 0) is 0 Å². The van der Waals surface area contributed by atoms with Crippen LogP contribution >= 0.6 is 0 Å². The van der Waals surface area contributed by atoms with Crippen molar-refractivity contribution in [1.29, 1.82) is 0 Å². The van der Waals surface area contributed by atoms with E-state index in [0.29, 0.717) is 0 Å². The summed E-state index contributed by atoms with van der Waals surface area (Å²) < 4.78 is 0. The summed E-state index contributed by atoms with van der Waals surface area (Å²) in [5, 5.41) is 0. The first-order valence-corrected chi connectivity index (χ1v) is 2.21. The SMILES string of the molecule is CCCC[NH3+].O.O.O.O.O.O.[F-]. The van der Waals surface area contributed by atoms with Crippen LogP contribution in [0.25, 0.3) is 0 Å². The first-order valence-electron chi connectivity index (χ1n) is 2.21. The Balaban J connectivity index is -0.00000000381. The molecule has 88 valence electrons. The summed E-state index contributed by atoms with van der Waals surface area (Å²) in [6, 6.07) is 0. The predicted molar refractivity (Wildman–Crippen MR) is 44.3 cm³/mol. The van der Waals surface area contributed by atoms with Gasteiger partial charge < -0.3 is 43.3 Å². The van der Waals surface area contributed by atoms with Crippen molar-refractivity contribution in [3.8, 4) is 0 Å². The molecule has 8 heteroatoms. The lowest BCUT2D eigenvalue weighted by Gasteiger charge is -1.77. The fraction of sp³-hybridized carbons (Fsp3) is 1.00. The van der Waals surface area contributed by atoms with Crippen LogP contribution in [0.5, 0.6) is 0 Å². The van der Waals surface area contributed by atoms with Gasteiger partial charge in [0.15, 0.2) is 0 Å². The molecule has 0 aromatic carbocycles. The molecular weight excluding hydrogens is 177 g/mol. The predicted octanol–water partition coefficient (Wildman–Crippen LogP) is -7.92. The molecule has 0 aliphatic carbocycles. The Morgan fingerprint density at radius 2 is 1.08 bits per heavy atom. The minimum atomic E-state index is 0. The molecule has 0 aromatic heterocycles. The molecule has 0 heterocycles. The van der Waals surface area contributed by atoms with Crippen LogP contribution in [0.3, 0.4) is 0 Å². The average Bonchev–Trinajstić information content (AvgIpc) is 1.41. The maximum atomic E-state index is 3.68. The number of unbranched alkanes of at least 4 members (excludes halogenated alkanes) is 1. The molecular formula is C4H24FNO6. The van der Waals surface area contributed by atoms with E-state index in [4.69, 9.17) is 0 Å². The van der Waals surface area contributed by atoms with E-state index >= 15 is 0 Å². The molecule has 0 spiro atoms. The van der Waals surface area contributed by atoms with Gasteiger partial charge in [-0.25, -0.2) is 0 Å². The van der Waals surface area contributed by atoms with Crippen molar-refractivity contribution in [3.63, 3.8) is 0 Å². The number of hydrogen-bond donors (Lipinski definition) is 1. The molecule has 12 heavy (non-hydrogen) atoms. The van der Waals surface area contributed by atoms with Gasteiger partial charge in [0.05, 0.1) is 6.54 Å². The third-order valence-electron chi connectivity index (χ3n) is 0.604. The highest BCUT2D eigenvalue weighted by Gasteiger charge is 1.71. The monoisotopic (exact) mass is 201 g/mol. The topological polar surface area (TPSA) is 217 Å². The second kappa shape index (κ2) is 141. The van der Waals surface area contributed by atoms with Crippen LogP contribution in [0.2, 0.25) is 0 Å². The van der Waals surface area contributed by atoms with Crippen molar-refractivity contribution < 1.29 is 43.3 Å². The number of hydrogen-bond acceptors (Lipinski definition) is 0. The fourth-order valence-electron chi connectivity index (χ4n) is 0.250. The normalized spacial score (nSPS) is 3.50. The molecule has 7 nitrogen and oxygen atoms in total. The lowest BCUT2D eigenvalue weighted by Crippen LogP contribution is -3.00. The van der Waals surface area contributed by atoms with Gasteiger partial charge in [-0.15, -0.1) is 0 Å². The average molecular weight is 201 g/mol. The Bertz CT molecular complexity index is 27.0. The largest absolute Gasteiger partial charge is 1.00 e. The third kappa shape index (κ3) is 265. The third-order valence-corrected chi connectivity index (χ3v) is 0.604. The number of rotatable bonds is 2. The van der Waals surface area contributed by atoms with Crippen LogP contribution in [0.4, 0.5) is 0 Å². The molecule has 0 rings (SSSR count). The van der Waals surface area contributed by atoms with E-state index in [1.54, 1.807) is 0 Å². The second-order valence-corrected chi connectivity index (χ2v) is 1.21. The molecule has 0 fully saturated rings. The van der Waals surface area contributed by atoms with Gasteiger partial charge in [0.25, 0.3) is 0 Å². The molecule has 0 saturated carbocycles. The quantitative estimate of drug-likeness (QED) is 0.440. The summed E-state index contributed by atoms with van der Waals surface area (Å²) in [4.78, 5) is 0. The van der Waals surface area contributed by atoms with E-state index in [1.165, 1.54) is 12.8 Å². The highest BCUT2D eigenvalue weighted by molar-refractivity contribution is 4.21. The van der Waals surface area contributed by atoms with Gasteiger partial charge in [-0.1, -0.05) is 13.3 Å². The van der Waals surface area contributed by atoms with Crippen molar-refractivity contribution in [3.05, 3.63) is 0 Å². The van der Waals surface area contributed by atoms with Crippen LogP contribution in [0.15, 0.2) is 0 Å². The van der Waals surface area contributed by atoms with E-state index in [2.05, 4.69) is 12.7 Å². The molecule has 15 N–H and O–H groups in total. The number of quaternary nitrogens is 1. The van der Waals surface area contributed by atoms with E-state index in [0.717, 1.165) is 6.54 Å². The molecule has 0 saturated heterocycles. The van der Waals surface area contributed by atoms with Crippen molar-refractivity contribution >= 4 is 0 Å². The summed E-state index contributed by atoms with van der Waals surface area (Å²) in [5.41, 5.74) is 3.68. The summed E-state index contributed by atoms with van der Waals surface area (Å²) in [5.74, 6) is 0. The summed E-state index contributed by atoms with van der Waals surface area (Å²) in [7, 11) is 0. The zero-order chi connectivity index (χ0) is 4.12. The van der Waals surface area contributed by atoms with Crippen LogP contribution in [0.1, 0.15) is 19.8 Å². The number of halogens is 1. The van der Waals surface area contributed by atoms with Gasteiger partial charge in [-0.3, -0.25) is 0 Å². The molecule has 0 aliphatic rings. The van der Waals surface area contributed by atoms with Gasteiger partial charge in [-0.05, 0) is 6.42 Å². The molecule has 0 amide bonds. The van der Waals surface area contributed by atoms with E-state index in [9.17, 15) is 0 Å². The zero-order valence-electron chi connectivity index (χ0n) is 7.21. The zero-order valence-corrected chi connectivity index (χ0v) is 7.21. The van der Waals surface area contributed by atoms with Crippen molar-refractivity contribution in [2.75, 3.05) is 6.54 Å². The first kappa shape index (κ1) is 99.2. The van der Waals surface area contributed by atoms with Gasteiger partial charge in [0.2, 0.25) is 0 Å². The maximum absolute atomic E-state index is 3.68. The van der Waals surface area contributed by atoms with Gasteiger partial charge in [-0.2, -0.15) is 0 Å². The standard InChI is InChI=1S/C4H11N.FH.6H2O/c1-2-3-4-5;;;;;;;/h2-5H2,1H3;1H;6*1H2. The highest BCUT2D eigenvalue weighted by Crippen LogP contribution is 1.75. The van der Waals surface area contributed by atoms with Crippen molar-refractivity contribution in [1.82, 2.24) is 0 Å². The van der Waals surface area contributed by atoms with Crippen LogP contribution < -0.4 is 10.4 Å². The Labute approximate surface area is 70.8 Å². The maximum Gasteiger partial charge on any atom is 0.0739 e. The molecule has 0 radical (unpaired) electrons. The molecule has 0 bridgehead atoms. The molecule has 0 aromatic rings. The minimum absolute atomic E-state index is 0. The summed E-state index contributed by atoms with van der Waals surface area (Å²) >= 11 is 0. The van der Waals surface area contributed by atoms with E-state index in [1.807, 2.05) is 0 Å². The smallest absolute Gasteiger partial charge is 0.0739 e. The summed E-state index contributed by atoms with van der Waals surface area (Å²) in [6.45, 7) is 3.27. The van der Waals surface area contributed by atoms with Gasteiger partial charge in [0, 0.05) is 0 Å². The summed E-state index contributed by atoms with van der Waals surface area (Å²) in [6.07, 6.45) is 2.56. The highest BCUT2D eigenvalue weighted by atomic mass is 19.0. The van der Waals surface area contributed by atoms with E-state index < -0.39 is 0 Å². The van der Waals surface area contributed by atoms with Crippen molar-refractivity contribution in [2.45, 2.75) is 19.8 Å². The minimum Gasteiger partial charge on any atom is -1.00 e. The second-order valence-electron chi connectivity index (χ2n) is 1.21. The first-order chi connectivity index (χ1) is 2.41. The fourth-order valence-corrected chi connectivity index (χ4v) is 0.250. The Morgan fingerprint density at radius 1 is 0.833 bits per heavy atom. The Kier molecular flexibility index (Phi) is 1170. The van der Waals surface area contributed by atoms with Gasteiger partial charge in [0.1, 0.15) is 0 Å². The van der Waals surface area contributed by atoms with Crippen molar-refractivity contribution in [2.24, 2.45) is 0 Å². The molecule has 0 atom stereocenters. The molecule has 0 aliphatic heterocycles. The molecule has 0 unspecified atom stereocenters. The van der Waals surface area contributed by atoms with Gasteiger partial charge >= 0.3 is 0 Å². The Hall–Kier alpha value is -0.350. The van der Waals surface area contributed by atoms with Crippen LogP contribution in [-0.4, -0.2) is 39.4 Å². The lowest BCUT2D eigenvalue weighted by molar-refractivity contribution is -0.368. The van der Waals surface area contributed by atoms with Crippen LogP contribution in [0, 0.1) is 0 Å². The lowest BCUT2D eigenvalue weighted by atomic mass is 10.3. The van der Waals surface area contributed by atoms with E-state index in [-0.39, 0.29) is 37.6 Å². The Morgan fingerprint density at radius 3 is 1.08 bits per heavy atom.